The van der Waals surface area contributed by atoms with Crippen LogP contribution in [0.3, 0.4) is 0 Å². The van der Waals surface area contributed by atoms with Gasteiger partial charge < -0.3 is 19.5 Å². The number of para-hydroxylation sites is 1. The van der Waals surface area contributed by atoms with Crippen molar-refractivity contribution in [3.8, 4) is 0 Å². The van der Waals surface area contributed by atoms with Crippen molar-refractivity contribution in [3.05, 3.63) is 30.0 Å². The second-order valence-corrected chi connectivity index (χ2v) is 8.30. The zero-order valence-corrected chi connectivity index (χ0v) is 15.5. The molecule has 24 heavy (non-hydrogen) atoms. The van der Waals surface area contributed by atoms with Crippen LogP contribution in [0, 0.1) is 6.92 Å². The molecule has 2 aromatic rings. The lowest BCUT2D eigenvalue weighted by Crippen LogP contribution is -2.49. The van der Waals surface area contributed by atoms with Crippen molar-refractivity contribution in [1.29, 1.82) is 0 Å². The predicted molar refractivity (Wildman–Crippen MR) is 98.5 cm³/mol. The molecule has 130 valence electrons. The number of aromatic amines is 1. The Morgan fingerprint density at radius 1 is 1.21 bits per heavy atom. The minimum Gasteiger partial charge on any atom is -0.445 e. The van der Waals surface area contributed by atoms with E-state index in [1.165, 1.54) is 11.1 Å². The van der Waals surface area contributed by atoms with Crippen LogP contribution in [0.4, 0.5) is 10.5 Å². The topological polar surface area (TPSA) is 48.6 Å². The van der Waals surface area contributed by atoms with Gasteiger partial charge in [-0.05, 0) is 13.0 Å². The summed E-state index contributed by atoms with van der Waals surface area (Å²) in [4.78, 5) is 19.3. The number of amides is 1. The number of ether oxygens (including phenoxy) is 1. The molecular weight excluding hydrogens is 373 g/mol. The lowest BCUT2D eigenvalue weighted by atomic mass is 10.2. The van der Waals surface area contributed by atoms with Crippen LogP contribution in [-0.2, 0) is 4.74 Å². The Morgan fingerprint density at radius 2 is 1.88 bits per heavy atom. The highest BCUT2D eigenvalue weighted by molar-refractivity contribution is 6.67. The van der Waals surface area contributed by atoms with E-state index in [0.29, 0.717) is 13.1 Å². The van der Waals surface area contributed by atoms with E-state index in [0.717, 1.165) is 24.3 Å². The third-order valence-electron chi connectivity index (χ3n) is 4.07. The van der Waals surface area contributed by atoms with Crippen LogP contribution in [0.2, 0.25) is 0 Å². The number of anilines is 1. The molecule has 1 fully saturated rings. The van der Waals surface area contributed by atoms with Gasteiger partial charge in [0.15, 0.2) is 0 Å². The van der Waals surface area contributed by atoms with E-state index in [1.807, 2.05) is 12.1 Å². The highest BCUT2D eigenvalue weighted by Crippen LogP contribution is 2.31. The van der Waals surface area contributed by atoms with Crippen LogP contribution < -0.4 is 4.90 Å². The Kier molecular flexibility index (Phi) is 5.04. The third-order valence-corrected chi connectivity index (χ3v) is 4.40. The number of aromatic nitrogens is 1. The van der Waals surface area contributed by atoms with Gasteiger partial charge in [-0.2, -0.15) is 0 Å². The molecule has 0 saturated carbocycles. The Balaban J connectivity index is 1.64. The molecule has 0 aliphatic carbocycles. The van der Waals surface area contributed by atoms with Crippen LogP contribution in [-0.4, -0.2) is 52.6 Å². The van der Waals surface area contributed by atoms with Gasteiger partial charge in [-0.3, -0.25) is 0 Å². The van der Waals surface area contributed by atoms with Crippen molar-refractivity contribution in [2.75, 3.05) is 37.7 Å². The Labute approximate surface area is 155 Å². The van der Waals surface area contributed by atoms with Crippen LogP contribution >= 0.6 is 34.8 Å². The normalized spacial score (nSPS) is 15.8. The summed E-state index contributed by atoms with van der Waals surface area (Å²) in [5.74, 6) is 0. The lowest BCUT2D eigenvalue weighted by Gasteiger charge is -2.35. The van der Waals surface area contributed by atoms with E-state index in [4.69, 9.17) is 39.5 Å². The number of nitrogens with zero attached hydrogens (tertiary/aromatic N) is 2. The SMILES string of the molecule is Cc1[nH]c2ccccc2c1N1CCN(C(=O)OCC(Cl)(Cl)Cl)CC1. The van der Waals surface area contributed by atoms with E-state index in [-0.39, 0.29) is 6.61 Å². The molecule has 0 unspecified atom stereocenters. The number of piperazine rings is 1. The van der Waals surface area contributed by atoms with Crippen molar-refractivity contribution in [1.82, 2.24) is 9.88 Å². The second kappa shape index (κ2) is 6.90. The number of aryl methyl sites for hydroxylation is 1. The monoisotopic (exact) mass is 389 g/mol. The van der Waals surface area contributed by atoms with Gasteiger partial charge in [0.25, 0.3) is 0 Å². The number of fused-ring (bicyclic) bond motifs is 1. The summed E-state index contributed by atoms with van der Waals surface area (Å²) in [6, 6.07) is 8.22. The lowest BCUT2D eigenvalue weighted by molar-refractivity contribution is 0.102. The number of halogens is 3. The molecule has 1 amide bonds. The molecule has 0 spiro atoms. The molecule has 8 heteroatoms. The van der Waals surface area contributed by atoms with Crippen LogP contribution in [0.25, 0.3) is 10.9 Å². The molecule has 1 aliphatic heterocycles. The van der Waals surface area contributed by atoms with Crippen LogP contribution in [0.1, 0.15) is 5.69 Å². The maximum Gasteiger partial charge on any atom is 0.410 e. The van der Waals surface area contributed by atoms with Gasteiger partial charge in [-0.1, -0.05) is 53.0 Å². The smallest absolute Gasteiger partial charge is 0.410 e. The average molecular weight is 391 g/mol. The number of rotatable bonds is 2. The summed E-state index contributed by atoms with van der Waals surface area (Å²) in [6.45, 7) is 4.40. The molecule has 0 atom stereocenters. The summed E-state index contributed by atoms with van der Waals surface area (Å²) in [7, 11) is 0. The van der Waals surface area contributed by atoms with E-state index >= 15 is 0 Å². The van der Waals surface area contributed by atoms with Crippen molar-refractivity contribution < 1.29 is 9.53 Å². The maximum absolute atomic E-state index is 12.0. The number of hydrogen-bond donors (Lipinski definition) is 1. The van der Waals surface area contributed by atoms with Gasteiger partial charge in [-0.25, -0.2) is 4.79 Å². The van der Waals surface area contributed by atoms with Crippen molar-refractivity contribution >= 4 is 57.5 Å². The van der Waals surface area contributed by atoms with E-state index in [1.54, 1.807) is 4.90 Å². The molecule has 5 nitrogen and oxygen atoms in total. The second-order valence-electron chi connectivity index (χ2n) is 5.79. The zero-order valence-electron chi connectivity index (χ0n) is 13.2. The molecule has 1 saturated heterocycles. The van der Waals surface area contributed by atoms with E-state index < -0.39 is 9.89 Å². The average Bonchev–Trinajstić information content (AvgIpc) is 2.88. The Hall–Kier alpha value is -1.30. The number of H-pyrrole nitrogens is 1. The largest absolute Gasteiger partial charge is 0.445 e. The first-order valence-corrected chi connectivity index (χ1v) is 8.79. The van der Waals surface area contributed by atoms with Gasteiger partial charge in [0.2, 0.25) is 3.79 Å². The molecule has 1 aromatic heterocycles. The van der Waals surface area contributed by atoms with Gasteiger partial charge in [0.1, 0.15) is 6.61 Å². The molecule has 1 aromatic carbocycles. The molecule has 0 radical (unpaired) electrons. The van der Waals surface area contributed by atoms with Crippen LogP contribution in [0.5, 0.6) is 0 Å². The number of alkyl halides is 3. The van der Waals surface area contributed by atoms with E-state index in [2.05, 4.69) is 28.9 Å². The molecule has 1 N–H and O–H groups in total. The summed E-state index contributed by atoms with van der Waals surface area (Å²) in [5, 5.41) is 1.20. The summed E-state index contributed by atoms with van der Waals surface area (Å²) < 4.78 is 3.45. The van der Waals surface area contributed by atoms with Gasteiger partial charge in [0.05, 0.1) is 5.69 Å². The minimum atomic E-state index is -1.58. The van der Waals surface area contributed by atoms with Gasteiger partial charge >= 0.3 is 6.09 Å². The van der Waals surface area contributed by atoms with Crippen molar-refractivity contribution in [2.45, 2.75) is 10.7 Å². The molecule has 0 bridgehead atoms. The molecule has 3 rings (SSSR count). The maximum atomic E-state index is 12.0. The molecular formula is C16H18Cl3N3O2. The fraction of sp³-hybridized carbons (Fsp3) is 0.438. The van der Waals surface area contributed by atoms with E-state index in [9.17, 15) is 4.79 Å². The molecule has 2 heterocycles. The zero-order chi connectivity index (χ0) is 17.3. The number of hydrogen-bond acceptors (Lipinski definition) is 3. The Morgan fingerprint density at radius 3 is 2.54 bits per heavy atom. The van der Waals surface area contributed by atoms with Crippen LogP contribution in [0.15, 0.2) is 24.3 Å². The first kappa shape index (κ1) is 17.5. The number of carbonyl (C=O) groups excluding carboxylic acids is 1. The fourth-order valence-electron chi connectivity index (χ4n) is 3.02. The summed E-state index contributed by atoms with van der Waals surface area (Å²) in [6.07, 6.45) is -0.448. The number of nitrogens with one attached hydrogen (secondary N) is 1. The van der Waals surface area contributed by atoms with Crippen molar-refractivity contribution in [3.63, 3.8) is 0 Å². The number of carbonyl (C=O) groups is 1. The van der Waals surface area contributed by atoms with Gasteiger partial charge in [-0.15, -0.1) is 0 Å². The molecule has 1 aliphatic rings. The standard InChI is InChI=1S/C16H18Cl3N3O2/c1-11-14(12-4-2-3-5-13(12)20-11)21-6-8-22(9-7-21)15(23)24-10-16(17,18)19/h2-5,20H,6-10H2,1H3. The first-order chi connectivity index (χ1) is 11.3. The summed E-state index contributed by atoms with van der Waals surface area (Å²) >= 11 is 16.8. The summed E-state index contributed by atoms with van der Waals surface area (Å²) in [5.41, 5.74) is 3.44. The van der Waals surface area contributed by atoms with Gasteiger partial charge in [0, 0.05) is 42.8 Å². The fourth-order valence-corrected chi connectivity index (χ4v) is 3.18. The first-order valence-electron chi connectivity index (χ1n) is 7.66. The highest BCUT2D eigenvalue weighted by atomic mass is 35.6. The Bertz CT molecular complexity index is 734. The number of benzene rings is 1. The quantitative estimate of drug-likeness (QED) is 0.785. The minimum absolute atomic E-state index is 0.252. The third kappa shape index (κ3) is 3.85. The highest BCUT2D eigenvalue weighted by Gasteiger charge is 2.27. The van der Waals surface area contributed by atoms with Crippen molar-refractivity contribution in [2.24, 2.45) is 0 Å². The predicted octanol–water partition coefficient (Wildman–Crippen LogP) is 4.11.